The van der Waals surface area contributed by atoms with Gasteiger partial charge in [0.2, 0.25) is 15.9 Å². The lowest BCUT2D eigenvalue weighted by Gasteiger charge is -2.18. The molecule has 0 aliphatic carbocycles. The number of ether oxygens (including phenoxy) is 1. The van der Waals surface area contributed by atoms with Crippen molar-refractivity contribution in [3.8, 4) is 11.8 Å². The van der Waals surface area contributed by atoms with E-state index in [2.05, 4.69) is 19.8 Å². The average Bonchev–Trinajstić information content (AvgIpc) is 3.15. The smallest absolute Gasteiger partial charge is 0.406 e. The zero-order valence-corrected chi connectivity index (χ0v) is 17.8. The number of carbonyl (C=O) groups is 1. The number of hydrogen-bond acceptors (Lipinski definition) is 5. The van der Waals surface area contributed by atoms with Crippen LogP contribution >= 0.6 is 0 Å². The van der Waals surface area contributed by atoms with E-state index >= 15 is 0 Å². The van der Waals surface area contributed by atoms with E-state index in [4.69, 9.17) is 5.26 Å². The number of halogens is 3. The van der Waals surface area contributed by atoms with E-state index in [-0.39, 0.29) is 24.3 Å². The van der Waals surface area contributed by atoms with Gasteiger partial charge in [0, 0.05) is 23.6 Å². The van der Waals surface area contributed by atoms with Crippen LogP contribution in [0.3, 0.4) is 0 Å². The number of amides is 1. The second kappa shape index (κ2) is 9.93. The number of H-pyrrole nitrogens is 1. The Balaban J connectivity index is 1.83. The molecule has 0 radical (unpaired) electrons. The van der Waals surface area contributed by atoms with Crippen LogP contribution in [-0.2, 0) is 21.2 Å². The standard InChI is InChI=1S/C21H19F3N4O4S/c22-21(23,24)32-15-6-8-16(9-7-15)33(30,31)28-19(20(29)26-11-3-10-25)12-14-13-27-18-5-2-1-4-17(14)18/h1-2,4-9,13,19,27-28H,3,11-12H2,(H,26,29). The van der Waals surface area contributed by atoms with Crippen molar-refractivity contribution in [2.45, 2.75) is 30.1 Å². The van der Waals surface area contributed by atoms with Gasteiger partial charge in [-0.25, -0.2) is 8.42 Å². The number of carbonyl (C=O) groups excluding carboxylic acids is 1. The second-order valence-corrected chi connectivity index (χ2v) is 8.67. The Morgan fingerprint density at radius 3 is 2.52 bits per heavy atom. The van der Waals surface area contributed by atoms with Gasteiger partial charge in [-0.2, -0.15) is 9.98 Å². The van der Waals surface area contributed by atoms with Crippen molar-refractivity contribution in [2.75, 3.05) is 6.54 Å². The van der Waals surface area contributed by atoms with Gasteiger partial charge in [-0.3, -0.25) is 4.79 Å². The number of aromatic amines is 1. The van der Waals surface area contributed by atoms with Crippen LogP contribution in [0.1, 0.15) is 12.0 Å². The lowest BCUT2D eigenvalue weighted by molar-refractivity contribution is -0.274. The predicted octanol–water partition coefficient (Wildman–Crippen LogP) is 2.99. The minimum absolute atomic E-state index is 0.00308. The molecule has 33 heavy (non-hydrogen) atoms. The molecule has 1 unspecified atom stereocenters. The minimum atomic E-state index is -4.91. The van der Waals surface area contributed by atoms with Crippen molar-refractivity contribution in [1.82, 2.24) is 15.0 Å². The molecule has 2 aromatic carbocycles. The molecular weight excluding hydrogens is 461 g/mol. The van der Waals surface area contributed by atoms with Gasteiger partial charge in [-0.1, -0.05) is 18.2 Å². The topological polar surface area (TPSA) is 124 Å². The Morgan fingerprint density at radius 1 is 1.15 bits per heavy atom. The Kier molecular flexibility index (Phi) is 7.25. The van der Waals surface area contributed by atoms with E-state index < -0.39 is 34.1 Å². The highest BCUT2D eigenvalue weighted by molar-refractivity contribution is 7.89. The van der Waals surface area contributed by atoms with Gasteiger partial charge < -0.3 is 15.0 Å². The SMILES string of the molecule is N#CCCNC(=O)C(Cc1c[nH]c2ccccc12)NS(=O)(=O)c1ccc(OC(F)(F)F)cc1. The third-order valence-electron chi connectivity index (χ3n) is 4.62. The summed E-state index contributed by atoms with van der Waals surface area (Å²) >= 11 is 0. The summed E-state index contributed by atoms with van der Waals surface area (Å²) in [6.45, 7) is 0.0327. The maximum Gasteiger partial charge on any atom is 0.573 e. The summed E-state index contributed by atoms with van der Waals surface area (Å²) in [5.41, 5.74) is 1.49. The largest absolute Gasteiger partial charge is 0.573 e. The van der Waals surface area contributed by atoms with Crippen molar-refractivity contribution in [3.05, 3.63) is 60.3 Å². The fourth-order valence-corrected chi connectivity index (χ4v) is 4.34. The van der Waals surface area contributed by atoms with Gasteiger partial charge in [-0.15, -0.1) is 13.2 Å². The van der Waals surface area contributed by atoms with Crippen LogP contribution in [0, 0.1) is 11.3 Å². The van der Waals surface area contributed by atoms with Gasteiger partial charge in [0.15, 0.2) is 0 Å². The first-order valence-corrected chi connectivity index (χ1v) is 11.1. The third kappa shape index (κ3) is 6.47. The molecular formula is C21H19F3N4O4S. The molecule has 0 spiro atoms. The number of hydrogen-bond donors (Lipinski definition) is 3. The first kappa shape index (κ1) is 24.1. The fourth-order valence-electron chi connectivity index (χ4n) is 3.15. The van der Waals surface area contributed by atoms with E-state index in [0.29, 0.717) is 5.56 Å². The highest BCUT2D eigenvalue weighted by Gasteiger charge is 2.31. The molecule has 0 fully saturated rings. The summed E-state index contributed by atoms with van der Waals surface area (Å²) in [6.07, 6.45) is -3.21. The summed E-state index contributed by atoms with van der Waals surface area (Å²) in [4.78, 5) is 15.4. The van der Waals surface area contributed by atoms with Crippen LogP contribution in [0.5, 0.6) is 5.75 Å². The average molecular weight is 480 g/mol. The molecule has 174 valence electrons. The number of benzene rings is 2. The van der Waals surface area contributed by atoms with Gasteiger partial charge in [0.1, 0.15) is 11.8 Å². The molecule has 1 atom stereocenters. The van der Waals surface area contributed by atoms with Gasteiger partial charge in [0.05, 0.1) is 17.4 Å². The summed E-state index contributed by atoms with van der Waals surface area (Å²) in [7, 11) is -4.27. The number of sulfonamides is 1. The molecule has 0 saturated heterocycles. The van der Waals surface area contributed by atoms with Gasteiger partial charge in [0.25, 0.3) is 0 Å². The molecule has 1 heterocycles. The van der Waals surface area contributed by atoms with Crippen LogP contribution in [-0.4, -0.2) is 38.3 Å². The quantitative estimate of drug-likeness (QED) is 0.406. The normalized spacial score (nSPS) is 12.8. The highest BCUT2D eigenvalue weighted by atomic mass is 32.2. The Morgan fingerprint density at radius 2 is 1.85 bits per heavy atom. The van der Waals surface area contributed by atoms with E-state index in [9.17, 15) is 26.4 Å². The Hall–Kier alpha value is -3.56. The van der Waals surface area contributed by atoms with Crippen LogP contribution < -0.4 is 14.8 Å². The number of nitriles is 1. The molecule has 12 heteroatoms. The Bertz CT molecular complexity index is 1270. The first-order chi connectivity index (χ1) is 15.6. The minimum Gasteiger partial charge on any atom is -0.406 e. The number of alkyl halides is 3. The number of nitrogens with zero attached hydrogens (tertiary/aromatic N) is 1. The number of nitrogens with one attached hydrogen (secondary N) is 3. The molecule has 1 amide bonds. The van der Waals surface area contributed by atoms with Gasteiger partial charge >= 0.3 is 6.36 Å². The zero-order chi connectivity index (χ0) is 24.1. The zero-order valence-electron chi connectivity index (χ0n) is 17.0. The molecule has 0 aliphatic heterocycles. The summed E-state index contributed by atoms with van der Waals surface area (Å²) in [6, 6.07) is 11.5. The molecule has 1 aromatic heterocycles. The van der Waals surface area contributed by atoms with Crippen LogP contribution in [0.2, 0.25) is 0 Å². The van der Waals surface area contributed by atoms with Crippen LogP contribution in [0.15, 0.2) is 59.6 Å². The molecule has 3 N–H and O–H groups in total. The van der Waals surface area contributed by atoms with Crippen molar-refractivity contribution < 1.29 is 31.1 Å². The van der Waals surface area contributed by atoms with Crippen LogP contribution in [0.4, 0.5) is 13.2 Å². The lowest BCUT2D eigenvalue weighted by Crippen LogP contribution is -2.48. The first-order valence-electron chi connectivity index (χ1n) is 9.67. The second-order valence-electron chi connectivity index (χ2n) is 6.96. The van der Waals surface area contributed by atoms with E-state index in [1.165, 1.54) is 0 Å². The summed E-state index contributed by atoms with van der Waals surface area (Å²) in [5.74, 6) is -1.22. The summed E-state index contributed by atoms with van der Waals surface area (Å²) in [5, 5.41) is 12.0. The number of fused-ring (bicyclic) bond motifs is 1. The molecule has 0 saturated carbocycles. The highest BCUT2D eigenvalue weighted by Crippen LogP contribution is 2.24. The van der Waals surface area contributed by atoms with Gasteiger partial charge in [-0.05, 0) is 42.3 Å². The predicted molar refractivity (Wildman–Crippen MR) is 112 cm³/mol. The van der Waals surface area contributed by atoms with Crippen molar-refractivity contribution >= 4 is 26.8 Å². The fraction of sp³-hybridized carbons (Fsp3) is 0.238. The number of aromatic nitrogens is 1. The number of rotatable bonds is 9. The summed E-state index contributed by atoms with van der Waals surface area (Å²) < 4.78 is 68.8. The molecule has 0 bridgehead atoms. The molecule has 3 rings (SSSR count). The van der Waals surface area contributed by atoms with E-state index in [1.54, 1.807) is 12.3 Å². The van der Waals surface area contributed by atoms with E-state index in [1.807, 2.05) is 24.3 Å². The third-order valence-corrected chi connectivity index (χ3v) is 6.10. The maximum absolute atomic E-state index is 12.9. The van der Waals surface area contributed by atoms with Crippen LogP contribution in [0.25, 0.3) is 10.9 Å². The van der Waals surface area contributed by atoms with Crippen molar-refractivity contribution in [1.29, 1.82) is 5.26 Å². The van der Waals surface area contributed by atoms with E-state index in [0.717, 1.165) is 35.2 Å². The molecule has 8 nitrogen and oxygen atoms in total. The number of para-hydroxylation sites is 1. The monoisotopic (exact) mass is 480 g/mol. The molecule has 3 aromatic rings. The van der Waals surface area contributed by atoms with Crippen molar-refractivity contribution in [2.24, 2.45) is 0 Å². The lowest BCUT2D eigenvalue weighted by atomic mass is 10.1. The van der Waals surface area contributed by atoms with Crippen molar-refractivity contribution in [3.63, 3.8) is 0 Å². The molecule has 0 aliphatic rings. The maximum atomic E-state index is 12.9. The Labute approximate surface area is 187 Å².